The van der Waals surface area contributed by atoms with Crippen LogP contribution in [0, 0.1) is 25.5 Å². The zero-order valence-corrected chi connectivity index (χ0v) is 21.1. The first-order chi connectivity index (χ1) is 18.2. The first kappa shape index (κ1) is 26.7. The number of carbonyl (C=O) groups excluding carboxylic acids is 2. The fraction of sp³-hybridized carbons (Fsp3) is 0.259. The summed E-state index contributed by atoms with van der Waals surface area (Å²) in [7, 11) is 0. The summed E-state index contributed by atoms with van der Waals surface area (Å²) >= 11 is 0. The Morgan fingerprint density at radius 1 is 1.11 bits per heavy atom. The molecule has 11 heteroatoms. The van der Waals surface area contributed by atoms with E-state index in [1.807, 2.05) is 0 Å². The lowest BCUT2D eigenvalue weighted by Crippen LogP contribution is -2.33. The van der Waals surface area contributed by atoms with Crippen LogP contribution in [0.2, 0.25) is 0 Å². The van der Waals surface area contributed by atoms with Crippen molar-refractivity contribution in [3.05, 3.63) is 94.2 Å². The van der Waals surface area contributed by atoms with E-state index in [2.05, 4.69) is 15.3 Å². The van der Waals surface area contributed by atoms with Crippen molar-refractivity contribution in [3.63, 3.8) is 0 Å². The molecule has 1 amide bonds. The highest BCUT2D eigenvalue weighted by Crippen LogP contribution is 2.26. The lowest BCUT2D eigenvalue weighted by atomic mass is 10.2. The van der Waals surface area contributed by atoms with Gasteiger partial charge in [-0.05, 0) is 56.7 Å². The Morgan fingerprint density at radius 3 is 2.53 bits per heavy atom. The number of benzene rings is 1. The van der Waals surface area contributed by atoms with E-state index in [1.54, 1.807) is 49.6 Å². The van der Waals surface area contributed by atoms with E-state index < -0.39 is 29.6 Å². The second kappa shape index (κ2) is 11.3. The van der Waals surface area contributed by atoms with Gasteiger partial charge >= 0.3 is 5.97 Å². The van der Waals surface area contributed by atoms with Crippen LogP contribution in [-0.2, 0) is 11.3 Å². The summed E-state index contributed by atoms with van der Waals surface area (Å²) in [6.07, 6.45) is 1.71. The van der Waals surface area contributed by atoms with Crippen molar-refractivity contribution in [2.75, 3.05) is 13.2 Å². The molecule has 0 saturated heterocycles. The number of rotatable bonds is 9. The molecule has 0 fully saturated rings. The number of halogens is 2. The number of amides is 1. The number of esters is 1. The molecule has 1 atom stereocenters. The summed E-state index contributed by atoms with van der Waals surface area (Å²) in [5.74, 6) is -2.16. The summed E-state index contributed by atoms with van der Waals surface area (Å²) < 4.78 is 40.4. The summed E-state index contributed by atoms with van der Waals surface area (Å²) in [6.45, 7) is 5.07. The molecule has 1 unspecified atom stereocenters. The van der Waals surface area contributed by atoms with Gasteiger partial charge in [0.15, 0.2) is 11.4 Å². The molecule has 0 radical (unpaired) electrons. The first-order valence-corrected chi connectivity index (χ1v) is 11.9. The van der Waals surface area contributed by atoms with E-state index in [1.165, 1.54) is 12.1 Å². The van der Waals surface area contributed by atoms with Gasteiger partial charge in [0.1, 0.15) is 29.6 Å². The molecule has 3 N–H and O–H groups in total. The molecule has 0 aliphatic carbocycles. The summed E-state index contributed by atoms with van der Waals surface area (Å²) in [4.78, 5) is 33.8. The van der Waals surface area contributed by atoms with E-state index >= 15 is 0 Å². The number of pyridine rings is 2. The molecule has 0 spiro atoms. The van der Waals surface area contributed by atoms with E-state index in [9.17, 15) is 18.4 Å². The molecule has 0 saturated carbocycles. The van der Waals surface area contributed by atoms with Gasteiger partial charge in [-0.15, -0.1) is 0 Å². The summed E-state index contributed by atoms with van der Waals surface area (Å²) in [5, 5.41) is 2.78. The maximum Gasteiger partial charge on any atom is 0.356 e. The highest BCUT2D eigenvalue weighted by molar-refractivity contribution is 5.95. The Hall–Kier alpha value is -4.38. The van der Waals surface area contributed by atoms with Gasteiger partial charge in [0.05, 0.1) is 29.6 Å². The van der Waals surface area contributed by atoms with Crippen molar-refractivity contribution in [2.24, 2.45) is 5.73 Å². The van der Waals surface area contributed by atoms with Crippen LogP contribution in [0.25, 0.3) is 5.65 Å². The van der Waals surface area contributed by atoms with Gasteiger partial charge in [0.2, 0.25) is 0 Å². The van der Waals surface area contributed by atoms with Crippen LogP contribution in [-0.4, -0.2) is 39.4 Å². The molecule has 4 rings (SSSR count). The summed E-state index contributed by atoms with van der Waals surface area (Å²) in [6, 6.07) is 9.40. The lowest BCUT2D eigenvalue weighted by molar-refractivity contribution is 0.0518. The van der Waals surface area contributed by atoms with Gasteiger partial charge in [-0.3, -0.25) is 9.20 Å². The van der Waals surface area contributed by atoms with Crippen molar-refractivity contribution in [3.8, 4) is 5.75 Å². The van der Waals surface area contributed by atoms with E-state index in [4.69, 9.17) is 15.2 Å². The normalized spacial score (nSPS) is 11.8. The minimum atomic E-state index is -0.716. The number of nitrogens with one attached hydrogen (secondary N) is 1. The number of nitrogens with two attached hydrogens (primary N) is 1. The molecule has 9 nitrogen and oxygen atoms in total. The SMILES string of the molecule is CCOC(=O)c1cccc(C(N)CNC(=O)c2c(C)nc3c(OCc4c(F)cccc4F)cc(C)cn23)n1. The first-order valence-electron chi connectivity index (χ1n) is 11.9. The molecular weight excluding hydrogens is 496 g/mol. The molecule has 3 heterocycles. The van der Waals surface area contributed by atoms with Gasteiger partial charge in [0.25, 0.3) is 5.91 Å². The van der Waals surface area contributed by atoms with Crippen molar-refractivity contribution in [1.29, 1.82) is 0 Å². The van der Waals surface area contributed by atoms with Crippen LogP contribution < -0.4 is 15.8 Å². The third-order valence-corrected chi connectivity index (χ3v) is 5.76. The zero-order valence-electron chi connectivity index (χ0n) is 21.1. The predicted molar refractivity (Wildman–Crippen MR) is 135 cm³/mol. The minimum absolute atomic E-state index is 0.0342. The summed E-state index contributed by atoms with van der Waals surface area (Å²) in [5.41, 5.74) is 8.30. The van der Waals surface area contributed by atoms with E-state index in [-0.39, 0.29) is 42.5 Å². The Balaban J connectivity index is 1.53. The van der Waals surface area contributed by atoms with Gasteiger partial charge in [-0.1, -0.05) is 12.1 Å². The molecular formula is C27H27F2N5O4. The minimum Gasteiger partial charge on any atom is -0.485 e. The van der Waals surface area contributed by atoms with E-state index in [0.717, 1.165) is 17.7 Å². The Bertz CT molecular complexity index is 1480. The largest absolute Gasteiger partial charge is 0.485 e. The predicted octanol–water partition coefficient (Wildman–Crippen LogP) is 3.81. The van der Waals surface area contributed by atoms with Crippen LogP contribution in [0.5, 0.6) is 5.75 Å². The van der Waals surface area contributed by atoms with Crippen LogP contribution in [0.15, 0.2) is 48.7 Å². The van der Waals surface area contributed by atoms with Crippen molar-refractivity contribution >= 4 is 17.5 Å². The number of aromatic nitrogens is 3. The quantitative estimate of drug-likeness (QED) is 0.320. The smallest absolute Gasteiger partial charge is 0.356 e. The average molecular weight is 524 g/mol. The van der Waals surface area contributed by atoms with Crippen molar-refractivity contribution < 1.29 is 27.8 Å². The van der Waals surface area contributed by atoms with Crippen molar-refractivity contribution in [2.45, 2.75) is 33.4 Å². The Labute approximate surface area is 217 Å². The van der Waals surface area contributed by atoms with Crippen LogP contribution in [0.3, 0.4) is 0 Å². The molecule has 3 aromatic heterocycles. The Kier molecular flexibility index (Phi) is 7.96. The third-order valence-electron chi connectivity index (χ3n) is 5.76. The molecule has 4 aromatic rings. The number of imidazole rings is 1. The van der Waals surface area contributed by atoms with Gasteiger partial charge in [-0.2, -0.15) is 0 Å². The highest BCUT2D eigenvalue weighted by atomic mass is 19.1. The number of hydrogen-bond donors (Lipinski definition) is 2. The van der Waals surface area contributed by atoms with Crippen LogP contribution >= 0.6 is 0 Å². The van der Waals surface area contributed by atoms with Gasteiger partial charge in [-0.25, -0.2) is 23.5 Å². The second-order valence-electron chi connectivity index (χ2n) is 8.59. The second-order valence-corrected chi connectivity index (χ2v) is 8.59. The molecule has 1 aromatic carbocycles. The molecule has 0 aliphatic rings. The molecule has 0 bridgehead atoms. The number of hydrogen-bond acceptors (Lipinski definition) is 7. The van der Waals surface area contributed by atoms with Gasteiger partial charge in [0, 0.05) is 12.7 Å². The Morgan fingerprint density at radius 2 is 1.82 bits per heavy atom. The number of nitrogens with zero attached hydrogens (tertiary/aromatic N) is 3. The lowest BCUT2D eigenvalue weighted by Gasteiger charge is -2.14. The number of aryl methyl sites for hydroxylation is 2. The number of ether oxygens (including phenoxy) is 2. The number of carbonyl (C=O) groups is 2. The standard InChI is InChI=1S/C27H27F2N5O4/c1-4-37-27(36)22-10-6-9-21(33-22)20(30)12-31-26(35)24-16(3)32-25-23(11-15(2)13-34(24)25)38-14-17-18(28)7-5-8-19(17)29/h5-11,13,20H,4,12,14,30H2,1-3H3,(H,31,35). The van der Waals surface area contributed by atoms with Crippen molar-refractivity contribution in [1.82, 2.24) is 19.7 Å². The van der Waals surface area contributed by atoms with Crippen LogP contribution in [0.1, 0.15) is 56.5 Å². The fourth-order valence-corrected chi connectivity index (χ4v) is 3.93. The fourth-order valence-electron chi connectivity index (χ4n) is 3.93. The molecule has 38 heavy (non-hydrogen) atoms. The highest BCUT2D eigenvalue weighted by Gasteiger charge is 2.21. The average Bonchev–Trinajstić information content (AvgIpc) is 3.22. The zero-order chi connectivity index (χ0) is 27.4. The molecule has 0 aliphatic heterocycles. The maximum absolute atomic E-state index is 14.1. The monoisotopic (exact) mass is 523 g/mol. The maximum atomic E-state index is 14.1. The topological polar surface area (TPSA) is 121 Å². The van der Waals surface area contributed by atoms with E-state index in [0.29, 0.717) is 17.0 Å². The number of fused-ring (bicyclic) bond motifs is 1. The molecule has 198 valence electrons. The van der Waals surface area contributed by atoms with Crippen LogP contribution in [0.4, 0.5) is 8.78 Å². The van der Waals surface area contributed by atoms with Gasteiger partial charge < -0.3 is 20.5 Å². The third kappa shape index (κ3) is 5.62.